The van der Waals surface area contributed by atoms with Gasteiger partial charge in [0.15, 0.2) is 0 Å². The molecule has 0 amide bonds. The Morgan fingerprint density at radius 3 is 2.76 bits per heavy atom. The summed E-state index contributed by atoms with van der Waals surface area (Å²) in [5.41, 5.74) is 0.903. The molecule has 1 unspecified atom stereocenters. The summed E-state index contributed by atoms with van der Waals surface area (Å²) in [5.74, 6) is 0. The fourth-order valence-electron chi connectivity index (χ4n) is 1.66. The second-order valence-corrected chi connectivity index (χ2v) is 5.20. The van der Waals surface area contributed by atoms with Crippen molar-refractivity contribution in [2.24, 2.45) is 0 Å². The average molecular weight is 256 g/mol. The van der Waals surface area contributed by atoms with Crippen LogP contribution in [0.25, 0.3) is 0 Å². The summed E-state index contributed by atoms with van der Waals surface area (Å²) in [4.78, 5) is 4.67. The van der Waals surface area contributed by atoms with E-state index in [-0.39, 0.29) is 5.60 Å². The molecule has 0 aliphatic rings. The van der Waals surface area contributed by atoms with Crippen molar-refractivity contribution in [1.82, 2.24) is 10.3 Å². The molecule has 0 aromatic carbocycles. The third-order valence-electron chi connectivity index (χ3n) is 2.87. The van der Waals surface area contributed by atoms with Crippen molar-refractivity contribution >= 4 is 11.3 Å². The van der Waals surface area contributed by atoms with Gasteiger partial charge in [0.2, 0.25) is 0 Å². The van der Waals surface area contributed by atoms with Gasteiger partial charge < -0.3 is 10.1 Å². The molecule has 0 spiro atoms. The number of hydrogen-bond donors (Lipinski definition) is 1. The van der Waals surface area contributed by atoms with Gasteiger partial charge in [0, 0.05) is 18.5 Å². The third kappa shape index (κ3) is 4.05. The second kappa shape index (κ2) is 7.09. The van der Waals surface area contributed by atoms with Crippen LogP contribution in [0.4, 0.5) is 0 Å². The smallest absolute Gasteiger partial charge is 0.125 e. The maximum atomic E-state index is 5.83. The second-order valence-electron chi connectivity index (χ2n) is 4.34. The van der Waals surface area contributed by atoms with Gasteiger partial charge in [0.25, 0.3) is 0 Å². The Bertz CT molecular complexity index is 327. The maximum Gasteiger partial charge on any atom is 0.125 e. The van der Waals surface area contributed by atoms with Crippen LogP contribution in [0, 0.1) is 0 Å². The maximum absolute atomic E-state index is 5.83. The predicted octanol–water partition coefficient (Wildman–Crippen LogP) is 3.30. The van der Waals surface area contributed by atoms with Gasteiger partial charge in [0.1, 0.15) is 10.6 Å². The van der Waals surface area contributed by atoms with Crippen molar-refractivity contribution in [1.29, 1.82) is 0 Å². The van der Waals surface area contributed by atoms with Crippen molar-refractivity contribution in [3.63, 3.8) is 0 Å². The van der Waals surface area contributed by atoms with Crippen LogP contribution in [-0.2, 0) is 16.9 Å². The molecule has 0 aliphatic heterocycles. The zero-order valence-electron chi connectivity index (χ0n) is 11.4. The van der Waals surface area contributed by atoms with Gasteiger partial charge in [-0.3, -0.25) is 0 Å². The summed E-state index contributed by atoms with van der Waals surface area (Å²) in [7, 11) is 0. The van der Waals surface area contributed by atoms with Crippen molar-refractivity contribution in [2.45, 2.75) is 52.7 Å². The van der Waals surface area contributed by atoms with Crippen LogP contribution in [0.1, 0.15) is 51.2 Å². The lowest BCUT2D eigenvalue weighted by molar-refractivity contribution is -0.0325. The van der Waals surface area contributed by atoms with Gasteiger partial charge in [0.05, 0.1) is 5.69 Å². The van der Waals surface area contributed by atoms with E-state index in [1.165, 1.54) is 0 Å². The molecule has 4 heteroatoms. The van der Waals surface area contributed by atoms with Gasteiger partial charge in [-0.2, -0.15) is 0 Å². The summed E-state index contributed by atoms with van der Waals surface area (Å²) >= 11 is 1.70. The molecule has 1 aromatic rings. The number of nitrogens with zero attached hydrogens (tertiary/aromatic N) is 1. The van der Waals surface area contributed by atoms with Crippen LogP contribution in [-0.4, -0.2) is 18.1 Å². The van der Waals surface area contributed by atoms with Gasteiger partial charge in [-0.05, 0) is 33.2 Å². The zero-order valence-corrected chi connectivity index (χ0v) is 12.2. The molecule has 17 heavy (non-hydrogen) atoms. The molecule has 1 atom stereocenters. The van der Waals surface area contributed by atoms with E-state index in [4.69, 9.17) is 4.74 Å². The Hall–Kier alpha value is -0.450. The molecule has 0 fully saturated rings. The number of hydrogen-bond acceptors (Lipinski definition) is 4. The molecule has 0 bridgehead atoms. The lowest BCUT2D eigenvalue weighted by atomic mass is 10.0. The number of aromatic nitrogens is 1. The van der Waals surface area contributed by atoms with Crippen LogP contribution in [0.5, 0.6) is 0 Å². The minimum absolute atomic E-state index is 0.220. The van der Waals surface area contributed by atoms with E-state index in [0.29, 0.717) is 0 Å². The van der Waals surface area contributed by atoms with Crippen molar-refractivity contribution in [2.75, 3.05) is 13.2 Å². The first kappa shape index (κ1) is 14.6. The van der Waals surface area contributed by atoms with E-state index in [1.807, 2.05) is 6.92 Å². The molecule has 1 heterocycles. The molecule has 3 nitrogen and oxygen atoms in total. The van der Waals surface area contributed by atoms with Crippen LogP contribution >= 0.6 is 11.3 Å². The normalized spacial score (nSPS) is 14.8. The lowest BCUT2D eigenvalue weighted by Crippen LogP contribution is -2.25. The topological polar surface area (TPSA) is 34.1 Å². The van der Waals surface area contributed by atoms with Crippen molar-refractivity contribution in [3.8, 4) is 0 Å². The summed E-state index contributed by atoms with van der Waals surface area (Å²) in [6.07, 6.45) is 2.11. The predicted molar refractivity (Wildman–Crippen MR) is 73.4 cm³/mol. The lowest BCUT2D eigenvalue weighted by Gasteiger charge is -2.25. The average Bonchev–Trinajstić information content (AvgIpc) is 2.79. The molecule has 0 saturated heterocycles. The summed E-state index contributed by atoms with van der Waals surface area (Å²) in [5, 5.41) is 6.59. The number of nitrogens with one attached hydrogen (secondary N) is 1. The van der Waals surface area contributed by atoms with Gasteiger partial charge in [-0.15, -0.1) is 11.3 Å². The third-order valence-corrected chi connectivity index (χ3v) is 4.01. The van der Waals surface area contributed by atoms with E-state index >= 15 is 0 Å². The molecule has 1 N–H and O–H groups in total. The standard InChI is InChI=1S/C13H24N2OS/c1-5-8-14-9-11-10-17-12(15-11)13(4,6-2)16-7-3/h10,14H,5-9H2,1-4H3. The fourth-order valence-corrected chi connectivity index (χ4v) is 2.66. The molecular formula is C13H24N2OS. The highest BCUT2D eigenvalue weighted by atomic mass is 32.1. The molecule has 0 radical (unpaired) electrons. The first-order valence-corrected chi connectivity index (χ1v) is 7.33. The monoisotopic (exact) mass is 256 g/mol. The van der Waals surface area contributed by atoms with E-state index in [1.54, 1.807) is 11.3 Å². The largest absolute Gasteiger partial charge is 0.368 e. The quantitative estimate of drug-likeness (QED) is 0.725. The molecule has 1 aromatic heterocycles. The van der Waals surface area contributed by atoms with Gasteiger partial charge in [-0.25, -0.2) is 4.98 Å². The molecule has 0 aliphatic carbocycles. The Kier molecular flexibility index (Phi) is 6.09. The number of thiazole rings is 1. The zero-order chi connectivity index (χ0) is 12.7. The van der Waals surface area contributed by atoms with E-state index in [9.17, 15) is 0 Å². The van der Waals surface area contributed by atoms with Crippen LogP contribution < -0.4 is 5.32 Å². The minimum atomic E-state index is -0.220. The Morgan fingerprint density at radius 2 is 2.18 bits per heavy atom. The number of ether oxygens (including phenoxy) is 1. The highest BCUT2D eigenvalue weighted by Crippen LogP contribution is 2.31. The minimum Gasteiger partial charge on any atom is -0.368 e. The Morgan fingerprint density at radius 1 is 1.41 bits per heavy atom. The van der Waals surface area contributed by atoms with Crippen molar-refractivity contribution < 1.29 is 4.74 Å². The SMILES string of the molecule is CCCNCc1csc(C(C)(CC)OCC)n1. The summed E-state index contributed by atoms with van der Waals surface area (Å²) in [6, 6.07) is 0. The summed E-state index contributed by atoms with van der Waals surface area (Å²) in [6.45, 7) is 11.1. The molecule has 0 saturated carbocycles. The first-order chi connectivity index (χ1) is 8.16. The van der Waals surface area contributed by atoms with Gasteiger partial charge >= 0.3 is 0 Å². The highest BCUT2D eigenvalue weighted by Gasteiger charge is 2.28. The highest BCUT2D eigenvalue weighted by molar-refractivity contribution is 7.09. The van der Waals surface area contributed by atoms with E-state index in [2.05, 4.69) is 36.5 Å². The van der Waals surface area contributed by atoms with E-state index in [0.717, 1.165) is 43.2 Å². The number of rotatable bonds is 8. The van der Waals surface area contributed by atoms with Crippen LogP contribution in [0.2, 0.25) is 0 Å². The fraction of sp³-hybridized carbons (Fsp3) is 0.769. The Balaban J connectivity index is 2.65. The van der Waals surface area contributed by atoms with Crippen LogP contribution in [0.3, 0.4) is 0 Å². The van der Waals surface area contributed by atoms with Crippen LogP contribution in [0.15, 0.2) is 5.38 Å². The Labute approximate surface area is 109 Å². The van der Waals surface area contributed by atoms with E-state index < -0.39 is 0 Å². The molecular weight excluding hydrogens is 232 g/mol. The first-order valence-electron chi connectivity index (χ1n) is 6.45. The molecule has 1 rings (SSSR count). The van der Waals surface area contributed by atoms with Gasteiger partial charge in [-0.1, -0.05) is 13.8 Å². The summed E-state index contributed by atoms with van der Waals surface area (Å²) < 4.78 is 5.83. The molecule has 98 valence electrons. The van der Waals surface area contributed by atoms with Crippen molar-refractivity contribution in [3.05, 3.63) is 16.1 Å².